The zero-order chi connectivity index (χ0) is 26.9. The van der Waals surface area contributed by atoms with Crippen LogP contribution in [-0.2, 0) is 14.8 Å². The second kappa shape index (κ2) is 11.7. The second-order valence-electron chi connectivity index (χ2n) is 11.2. The summed E-state index contributed by atoms with van der Waals surface area (Å²) >= 11 is 0. The Morgan fingerprint density at radius 3 is 2.55 bits per heavy atom. The van der Waals surface area contributed by atoms with Crippen molar-refractivity contribution < 1.29 is 13.2 Å². The molecule has 2 aromatic rings. The number of hydrogen-bond acceptors (Lipinski definition) is 6. The van der Waals surface area contributed by atoms with Gasteiger partial charge in [0.2, 0.25) is 10.0 Å². The van der Waals surface area contributed by atoms with E-state index in [1.807, 2.05) is 9.31 Å². The third-order valence-corrected chi connectivity index (χ3v) is 11.1. The number of benzene rings is 2. The van der Waals surface area contributed by atoms with Crippen LogP contribution in [0.4, 0.5) is 0 Å². The van der Waals surface area contributed by atoms with Crippen LogP contribution in [0.15, 0.2) is 42.5 Å². The molecule has 3 saturated heterocycles. The Bertz CT molecular complexity index is 1200. The number of rotatable bonds is 8. The normalized spacial score (nSPS) is 27.5. The van der Waals surface area contributed by atoms with Crippen molar-refractivity contribution in [3.8, 4) is 11.1 Å². The van der Waals surface area contributed by atoms with Crippen molar-refractivity contribution in [2.45, 2.75) is 69.8 Å². The van der Waals surface area contributed by atoms with Crippen LogP contribution < -0.4 is 5.43 Å². The van der Waals surface area contributed by atoms with Crippen LogP contribution in [0, 0.1) is 13.8 Å². The average Bonchev–Trinajstić information content (AvgIpc) is 3.36. The highest BCUT2D eigenvalue weighted by Crippen LogP contribution is 2.43. The average molecular weight is 541 g/mol. The molecule has 1 N–H and O–H groups in total. The molecule has 0 saturated carbocycles. The Morgan fingerprint density at radius 1 is 1.05 bits per heavy atom. The molecule has 0 spiro atoms. The fourth-order valence-corrected chi connectivity index (χ4v) is 8.78. The number of nitrogens with one attached hydrogen (secondary N) is 1. The van der Waals surface area contributed by atoms with E-state index in [1.54, 1.807) is 7.11 Å². The van der Waals surface area contributed by atoms with Gasteiger partial charge in [0, 0.05) is 51.3 Å². The van der Waals surface area contributed by atoms with Gasteiger partial charge < -0.3 is 4.74 Å². The monoisotopic (exact) mass is 540 g/mol. The highest BCUT2D eigenvalue weighted by molar-refractivity contribution is 7.89. The molecule has 7 nitrogen and oxygen atoms in total. The third-order valence-electron chi connectivity index (χ3n) is 8.92. The van der Waals surface area contributed by atoms with E-state index in [4.69, 9.17) is 4.74 Å². The molecule has 208 valence electrons. The van der Waals surface area contributed by atoms with Gasteiger partial charge in [-0.2, -0.15) is 4.31 Å². The summed E-state index contributed by atoms with van der Waals surface area (Å²) in [5.41, 5.74) is 9.68. The first kappa shape index (κ1) is 27.7. The van der Waals surface area contributed by atoms with Crippen molar-refractivity contribution in [2.75, 3.05) is 46.4 Å². The van der Waals surface area contributed by atoms with Gasteiger partial charge in [0.1, 0.15) is 5.37 Å². The minimum absolute atomic E-state index is 0.158. The molecule has 3 unspecified atom stereocenters. The zero-order valence-corrected chi connectivity index (χ0v) is 24.2. The Morgan fingerprint density at radius 2 is 1.82 bits per heavy atom. The predicted octanol–water partition coefficient (Wildman–Crippen LogP) is 4.13. The van der Waals surface area contributed by atoms with Gasteiger partial charge in [0.15, 0.2) is 0 Å². The molecule has 3 heterocycles. The number of hydrogen-bond donors (Lipinski definition) is 1. The highest BCUT2D eigenvalue weighted by atomic mass is 32.2. The minimum Gasteiger partial charge on any atom is -0.383 e. The quantitative estimate of drug-likeness (QED) is 0.543. The van der Waals surface area contributed by atoms with E-state index in [-0.39, 0.29) is 18.0 Å². The molecular formula is C30H44N4O3S. The molecule has 4 atom stereocenters. The van der Waals surface area contributed by atoms with Crippen LogP contribution in [-0.4, -0.2) is 86.5 Å². The topological polar surface area (TPSA) is 65.1 Å². The van der Waals surface area contributed by atoms with Gasteiger partial charge >= 0.3 is 0 Å². The summed E-state index contributed by atoms with van der Waals surface area (Å²) < 4.78 is 35.3. The molecule has 3 fully saturated rings. The highest BCUT2D eigenvalue weighted by Gasteiger charge is 2.51. The standard InChI is InChI=1S/C30H44N4O3S/c1-5-17-34-29(15-16-31-34)38(35,36)32-18-6-7-19-33-27(20-32)30(28(33)21-37-4)25-13-11-24(12-14-25)26-10-8-9-22(2)23(26)3/h8-14,27-31H,5-7,15-21H2,1-4H3/t27-,28?,29?,30?/m0/s1. The molecule has 0 aromatic heterocycles. The first-order valence-electron chi connectivity index (χ1n) is 14.3. The van der Waals surface area contributed by atoms with Crippen LogP contribution in [0.3, 0.4) is 0 Å². The molecular weight excluding hydrogens is 496 g/mol. The van der Waals surface area contributed by atoms with E-state index in [0.717, 1.165) is 38.9 Å². The van der Waals surface area contributed by atoms with E-state index in [9.17, 15) is 8.42 Å². The van der Waals surface area contributed by atoms with Crippen molar-refractivity contribution in [3.63, 3.8) is 0 Å². The third kappa shape index (κ3) is 5.19. The lowest BCUT2D eigenvalue weighted by Crippen LogP contribution is -2.68. The molecule has 38 heavy (non-hydrogen) atoms. The van der Waals surface area contributed by atoms with Gasteiger partial charge in [-0.1, -0.05) is 49.4 Å². The summed E-state index contributed by atoms with van der Waals surface area (Å²) in [6.45, 7) is 10.7. The van der Waals surface area contributed by atoms with Crippen molar-refractivity contribution >= 4 is 10.0 Å². The summed E-state index contributed by atoms with van der Waals surface area (Å²) in [5, 5.41) is 1.48. The Kier molecular flexibility index (Phi) is 8.57. The molecule has 2 aromatic carbocycles. The largest absolute Gasteiger partial charge is 0.383 e. The molecule has 5 rings (SSSR count). The van der Waals surface area contributed by atoms with Crippen LogP contribution >= 0.6 is 0 Å². The number of fused-ring (bicyclic) bond motifs is 1. The SMILES string of the molecule is CCCN1NCCC1S(=O)(=O)N1CCCCN2C(COC)C(c3ccc(-c4cccc(C)c4C)cc3)[C@@H]2C1. The molecule has 0 amide bonds. The van der Waals surface area contributed by atoms with Gasteiger partial charge in [-0.3, -0.25) is 10.3 Å². The zero-order valence-electron chi connectivity index (χ0n) is 23.4. The van der Waals surface area contributed by atoms with E-state index < -0.39 is 15.4 Å². The van der Waals surface area contributed by atoms with E-state index >= 15 is 0 Å². The van der Waals surface area contributed by atoms with Gasteiger partial charge in [-0.15, -0.1) is 0 Å². The lowest BCUT2D eigenvalue weighted by atomic mass is 9.74. The van der Waals surface area contributed by atoms with Crippen LogP contribution in [0.5, 0.6) is 0 Å². The first-order valence-corrected chi connectivity index (χ1v) is 15.8. The number of nitrogens with zero attached hydrogens (tertiary/aromatic N) is 3. The first-order chi connectivity index (χ1) is 18.4. The number of aryl methyl sites for hydroxylation is 1. The summed E-state index contributed by atoms with van der Waals surface area (Å²) in [7, 11) is -1.68. The number of hydrazine groups is 1. The van der Waals surface area contributed by atoms with Crippen molar-refractivity contribution in [3.05, 3.63) is 59.2 Å². The molecule has 0 radical (unpaired) electrons. The Hall–Kier alpha value is -1.81. The van der Waals surface area contributed by atoms with Crippen molar-refractivity contribution in [1.82, 2.24) is 19.6 Å². The number of methoxy groups -OCH3 is 1. The molecule has 3 aliphatic heterocycles. The van der Waals surface area contributed by atoms with Gasteiger partial charge in [-0.05, 0) is 73.9 Å². The van der Waals surface area contributed by atoms with Gasteiger partial charge in [0.25, 0.3) is 0 Å². The maximum Gasteiger partial charge on any atom is 0.231 e. The summed E-state index contributed by atoms with van der Waals surface area (Å²) in [6.07, 6.45) is 3.46. The fourth-order valence-electron chi connectivity index (χ4n) is 6.78. The summed E-state index contributed by atoms with van der Waals surface area (Å²) in [6, 6.07) is 15.9. The molecule has 8 heteroatoms. The predicted molar refractivity (Wildman–Crippen MR) is 153 cm³/mol. The summed E-state index contributed by atoms with van der Waals surface area (Å²) in [4.78, 5) is 2.51. The van der Waals surface area contributed by atoms with Crippen LogP contribution in [0.1, 0.15) is 55.2 Å². The van der Waals surface area contributed by atoms with Crippen molar-refractivity contribution in [2.24, 2.45) is 0 Å². The molecule has 3 aliphatic rings. The van der Waals surface area contributed by atoms with Gasteiger partial charge in [-0.25, -0.2) is 13.4 Å². The Balaban J connectivity index is 1.41. The summed E-state index contributed by atoms with van der Waals surface area (Å²) in [5.74, 6) is 0.242. The van der Waals surface area contributed by atoms with Gasteiger partial charge in [0.05, 0.1) is 6.61 Å². The van der Waals surface area contributed by atoms with Crippen LogP contribution in [0.2, 0.25) is 0 Å². The Labute approximate surface area is 229 Å². The lowest BCUT2D eigenvalue weighted by molar-refractivity contribution is -0.0637. The lowest BCUT2D eigenvalue weighted by Gasteiger charge is -2.57. The van der Waals surface area contributed by atoms with E-state index in [1.165, 1.54) is 27.8 Å². The van der Waals surface area contributed by atoms with Crippen molar-refractivity contribution in [1.29, 1.82) is 0 Å². The van der Waals surface area contributed by atoms with E-state index in [2.05, 4.69) is 73.6 Å². The molecule has 0 bridgehead atoms. The maximum absolute atomic E-state index is 13.9. The van der Waals surface area contributed by atoms with Crippen LogP contribution in [0.25, 0.3) is 11.1 Å². The number of ether oxygens (including phenoxy) is 1. The smallest absolute Gasteiger partial charge is 0.231 e. The fraction of sp³-hybridized carbons (Fsp3) is 0.600. The second-order valence-corrected chi connectivity index (χ2v) is 13.3. The van der Waals surface area contributed by atoms with E-state index in [0.29, 0.717) is 26.1 Å². The maximum atomic E-state index is 13.9. The molecule has 0 aliphatic carbocycles. The minimum atomic E-state index is -3.44. The number of sulfonamides is 1.